The fraction of sp³-hybridized carbons (Fsp3) is 0.423. The van der Waals surface area contributed by atoms with Crippen molar-refractivity contribution in [3.63, 3.8) is 0 Å². The maximum Gasteiger partial charge on any atom is 0.332 e. The average Bonchev–Trinajstić information content (AvgIpc) is 3.68. The van der Waals surface area contributed by atoms with E-state index in [1.54, 1.807) is 11.8 Å². The van der Waals surface area contributed by atoms with E-state index in [0.717, 1.165) is 15.9 Å². The Kier molecular flexibility index (Phi) is 7.83. The second kappa shape index (κ2) is 11.3. The molecular formula is C26H29FN6O6S. The van der Waals surface area contributed by atoms with Crippen LogP contribution in [0.5, 0.6) is 5.75 Å². The number of fused-ring (bicyclic) bond motifs is 1. The SMILES string of the molecule is CCN1CCC(n2c(=O)c3c(C)c(-n4nccn4)sc3n(CC(OCCO)c3cc(F)ccc3OC)c2=O)C1=O. The Morgan fingerprint density at radius 3 is 2.62 bits per heavy atom. The second-order valence-electron chi connectivity index (χ2n) is 9.29. The van der Waals surface area contributed by atoms with E-state index in [9.17, 15) is 23.9 Å². The molecule has 1 saturated heterocycles. The molecule has 0 spiro atoms. The summed E-state index contributed by atoms with van der Waals surface area (Å²) >= 11 is 1.15. The average molecular weight is 573 g/mol. The minimum atomic E-state index is -0.957. The Morgan fingerprint density at radius 2 is 1.98 bits per heavy atom. The summed E-state index contributed by atoms with van der Waals surface area (Å²) in [5.41, 5.74) is -0.387. The van der Waals surface area contributed by atoms with E-state index in [-0.39, 0.29) is 31.1 Å². The molecule has 4 aromatic rings. The standard InChI is InChI=1S/C26H29FN6O6S/c1-4-30-10-7-18(22(30)35)32-23(36)21-15(2)24(33-28-8-9-29-33)40-25(21)31(26(32)37)14-20(39-12-11-34)17-13-16(27)5-6-19(17)38-3/h5-6,8-9,13,18,20,34H,4,7,10-12,14H2,1-3H3. The zero-order valence-electron chi connectivity index (χ0n) is 22.2. The molecule has 3 aromatic heterocycles. The number of thiophene rings is 1. The molecule has 40 heavy (non-hydrogen) atoms. The molecule has 212 valence electrons. The van der Waals surface area contributed by atoms with Crippen molar-refractivity contribution >= 4 is 27.5 Å². The number of hydrogen-bond donors (Lipinski definition) is 1. The van der Waals surface area contributed by atoms with Gasteiger partial charge < -0.3 is 19.5 Å². The Balaban J connectivity index is 1.76. The number of hydrogen-bond acceptors (Lipinski definition) is 9. The fourth-order valence-corrected chi connectivity index (χ4v) is 6.35. The Labute approximate surface area is 231 Å². The number of aliphatic hydroxyl groups is 1. The number of aromatic nitrogens is 5. The maximum atomic E-state index is 14.4. The van der Waals surface area contributed by atoms with E-state index in [4.69, 9.17) is 9.47 Å². The normalized spacial score (nSPS) is 16.3. The Hall–Kier alpha value is -3.88. The number of carbonyl (C=O) groups is 1. The molecule has 1 N–H and O–H groups in total. The molecule has 0 radical (unpaired) electrons. The quantitative estimate of drug-likeness (QED) is 0.304. The van der Waals surface area contributed by atoms with Crippen molar-refractivity contribution in [1.29, 1.82) is 0 Å². The van der Waals surface area contributed by atoms with E-state index in [1.165, 1.54) is 47.1 Å². The van der Waals surface area contributed by atoms with Gasteiger partial charge in [-0.3, -0.25) is 14.2 Å². The van der Waals surface area contributed by atoms with Gasteiger partial charge in [-0.15, -0.1) is 4.80 Å². The summed E-state index contributed by atoms with van der Waals surface area (Å²) in [4.78, 5) is 44.5. The van der Waals surface area contributed by atoms with Crippen LogP contribution in [0.1, 0.15) is 36.6 Å². The van der Waals surface area contributed by atoms with E-state index in [1.807, 2.05) is 6.92 Å². The van der Waals surface area contributed by atoms with Gasteiger partial charge in [0.1, 0.15) is 33.5 Å². The number of nitrogens with zero attached hydrogens (tertiary/aromatic N) is 6. The van der Waals surface area contributed by atoms with Gasteiger partial charge in [0, 0.05) is 24.2 Å². The van der Waals surface area contributed by atoms with Gasteiger partial charge in [-0.05, 0) is 38.5 Å². The number of likely N-dealkylation sites (tertiary alicyclic amines) is 1. The minimum absolute atomic E-state index is 0.0969. The highest BCUT2D eigenvalue weighted by Gasteiger charge is 2.36. The van der Waals surface area contributed by atoms with Crippen LogP contribution in [0.3, 0.4) is 0 Å². The van der Waals surface area contributed by atoms with Gasteiger partial charge in [0.25, 0.3) is 5.56 Å². The van der Waals surface area contributed by atoms with Crippen molar-refractivity contribution in [2.24, 2.45) is 0 Å². The predicted octanol–water partition coefficient (Wildman–Crippen LogP) is 1.81. The largest absolute Gasteiger partial charge is 0.496 e. The first kappa shape index (κ1) is 27.7. The number of aliphatic hydroxyl groups excluding tert-OH is 1. The van der Waals surface area contributed by atoms with Gasteiger partial charge in [-0.1, -0.05) is 11.3 Å². The van der Waals surface area contributed by atoms with Crippen LogP contribution < -0.4 is 16.0 Å². The van der Waals surface area contributed by atoms with Crippen LogP contribution in [0, 0.1) is 12.7 Å². The lowest BCUT2D eigenvalue weighted by Crippen LogP contribution is -2.45. The lowest BCUT2D eigenvalue weighted by atomic mass is 10.1. The van der Waals surface area contributed by atoms with Crippen LogP contribution in [0.25, 0.3) is 15.2 Å². The summed E-state index contributed by atoms with van der Waals surface area (Å²) < 4.78 is 28.1. The molecule has 1 amide bonds. The van der Waals surface area contributed by atoms with Gasteiger partial charge in [-0.25, -0.2) is 13.8 Å². The van der Waals surface area contributed by atoms with Crippen LogP contribution >= 0.6 is 11.3 Å². The van der Waals surface area contributed by atoms with Gasteiger partial charge in [-0.2, -0.15) is 10.2 Å². The molecule has 1 fully saturated rings. The first-order valence-electron chi connectivity index (χ1n) is 12.8. The summed E-state index contributed by atoms with van der Waals surface area (Å²) in [6.07, 6.45) is 2.37. The molecule has 2 unspecified atom stereocenters. The zero-order valence-corrected chi connectivity index (χ0v) is 23.1. The van der Waals surface area contributed by atoms with Gasteiger partial charge >= 0.3 is 5.69 Å². The predicted molar refractivity (Wildman–Crippen MR) is 145 cm³/mol. The first-order chi connectivity index (χ1) is 19.3. The van der Waals surface area contributed by atoms with Gasteiger partial charge in [0.15, 0.2) is 0 Å². The summed E-state index contributed by atoms with van der Waals surface area (Å²) in [5.74, 6) is -0.504. The Morgan fingerprint density at radius 1 is 1.23 bits per heavy atom. The van der Waals surface area contributed by atoms with E-state index >= 15 is 0 Å². The number of rotatable bonds is 10. The molecule has 4 heterocycles. The highest BCUT2D eigenvalue weighted by atomic mass is 32.1. The number of halogens is 1. The minimum Gasteiger partial charge on any atom is -0.496 e. The van der Waals surface area contributed by atoms with Crippen molar-refractivity contribution in [2.45, 2.75) is 39.0 Å². The molecule has 5 rings (SSSR count). The summed E-state index contributed by atoms with van der Waals surface area (Å²) in [7, 11) is 1.43. The topological polar surface area (TPSA) is 134 Å². The van der Waals surface area contributed by atoms with Crippen LogP contribution in [-0.2, 0) is 16.1 Å². The number of methoxy groups -OCH3 is 1. The lowest BCUT2D eigenvalue weighted by Gasteiger charge is -2.23. The number of aryl methyl sites for hydroxylation is 1. The molecule has 12 nitrogen and oxygen atoms in total. The third-order valence-electron chi connectivity index (χ3n) is 7.08. The number of amides is 1. The van der Waals surface area contributed by atoms with Gasteiger partial charge in [0.2, 0.25) is 5.91 Å². The summed E-state index contributed by atoms with van der Waals surface area (Å²) in [6.45, 7) is 3.91. The molecular weight excluding hydrogens is 543 g/mol. The first-order valence-corrected chi connectivity index (χ1v) is 13.6. The molecule has 0 saturated carbocycles. The molecule has 1 aromatic carbocycles. The third-order valence-corrected chi connectivity index (χ3v) is 8.36. The number of benzene rings is 1. The smallest absolute Gasteiger partial charge is 0.332 e. The molecule has 2 atom stereocenters. The van der Waals surface area contributed by atoms with Crippen molar-refractivity contribution in [3.8, 4) is 10.8 Å². The molecule has 0 bridgehead atoms. The third kappa shape index (κ3) is 4.71. The lowest BCUT2D eigenvalue weighted by molar-refractivity contribution is -0.130. The molecule has 0 aliphatic carbocycles. The Bertz CT molecular complexity index is 1660. The number of likely N-dealkylation sites (N-methyl/N-ethyl adjacent to an activating group) is 1. The fourth-order valence-electron chi connectivity index (χ4n) is 5.13. The van der Waals surface area contributed by atoms with Crippen molar-refractivity contribution in [1.82, 2.24) is 29.0 Å². The zero-order chi connectivity index (χ0) is 28.6. The van der Waals surface area contributed by atoms with Crippen molar-refractivity contribution < 1.29 is 23.8 Å². The number of carbonyl (C=O) groups excluding carboxylic acids is 1. The van der Waals surface area contributed by atoms with Crippen molar-refractivity contribution in [3.05, 3.63) is 68.4 Å². The van der Waals surface area contributed by atoms with Gasteiger partial charge in [0.05, 0.1) is 44.6 Å². The van der Waals surface area contributed by atoms with Crippen LogP contribution in [0.4, 0.5) is 4.39 Å². The molecule has 1 aliphatic heterocycles. The molecule has 14 heteroatoms. The monoisotopic (exact) mass is 572 g/mol. The van der Waals surface area contributed by atoms with Crippen LogP contribution in [-0.4, -0.2) is 73.5 Å². The highest BCUT2D eigenvalue weighted by molar-refractivity contribution is 7.21. The maximum absolute atomic E-state index is 14.4. The van der Waals surface area contributed by atoms with Crippen LogP contribution in [0.15, 0.2) is 40.2 Å². The van der Waals surface area contributed by atoms with E-state index in [0.29, 0.717) is 46.2 Å². The number of ether oxygens (including phenoxy) is 2. The highest BCUT2D eigenvalue weighted by Crippen LogP contribution is 2.34. The summed E-state index contributed by atoms with van der Waals surface area (Å²) in [5, 5.41) is 18.6. The van der Waals surface area contributed by atoms with E-state index < -0.39 is 29.2 Å². The van der Waals surface area contributed by atoms with Crippen molar-refractivity contribution in [2.75, 3.05) is 33.4 Å². The van der Waals surface area contributed by atoms with Crippen LogP contribution in [0.2, 0.25) is 0 Å². The van der Waals surface area contributed by atoms with E-state index in [2.05, 4.69) is 10.2 Å². The molecule has 1 aliphatic rings. The second-order valence-corrected chi connectivity index (χ2v) is 10.3. The summed E-state index contributed by atoms with van der Waals surface area (Å²) in [6, 6.07) is 2.98.